The molecule has 0 aromatic heterocycles. The molecule has 2 rings (SSSR count). The summed E-state index contributed by atoms with van der Waals surface area (Å²) in [5.41, 5.74) is 0.265. The van der Waals surface area contributed by atoms with Gasteiger partial charge in [0, 0.05) is 23.5 Å². The average Bonchev–Trinajstić information content (AvgIpc) is 2.37. The van der Waals surface area contributed by atoms with E-state index < -0.39 is 10.7 Å². The highest BCUT2D eigenvalue weighted by molar-refractivity contribution is 7.99. The smallest absolute Gasteiger partial charge is 0.274 e. The van der Waals surface area contributed by atoms with E-state index in [1.165, 1.54) is 25.0 Å². The Morgan fingerprint density at radius 2 is 2.28 bits per heavy atom. The van der Waals surface area contributed by atoms with Crippen LogP contribution in [0.4, 0.5) is 15.8 Å². The van der Waals surface area contributed by atoms with Crippen LogP contribution in [0.25, 0.3) is 0 Å². The van der Waals surface area contributed by atoms with Gasteiger partial charge in [-0.1, -0.05) is 6.42 Å². The summed E-state index contributed by atoms with van der Waals surface area (Å²) in [4.78, 5) is 10.0. The minimum Gasteiger partial charge on any atom is -0.384 e. The van der Waals surface area contributed by atoms with Gasteiger partial charge in [-0.05, 0) is 24.7 Å². The maximum Gasteiger partial charge on any atom is 0.274 e. The molecule has 0 radical (unpaired) electrons. The quantitative estimate of drug-likeness (QED) is 0.672. The Hall–Kier alpha value is -1.30. The van der Waals surface area contributed by atoms with Crippen molar-refractivity contribution in [3.63, 3.8) is 0 Å². The summed E-state index contributed by atoms with van der Waals surface area (Å²) in [6.07, 6.45) is 3.63. The van der Waals surface area contributed by atoms with Gasteiger partial charge in [0.1, 0.15) is 5.82 Å². The molecule has 1 aromatic carbocycles. The molecule has 0 aliphatic carbocycles. The van der Waals surface area contributed by atoms with Crippen molar-refractivity contribution in [3.05, 3.63) is 34.1 Å². The van der Waals surface area contributed by atoms with E-state index in [1.807, 2.05) is 11.8 Å². The molecular formula is C12H15FN2O2S. The zero-order valence-electron chi connectivity index (χ0n) is 9.89. The van der Waals surface area contributed by atoms with E-state index in [2.05, 4.69) is 5.32 Å². The Morgan fingerprint density at radius 1 is 1.44 bits per heavy atom. The van der Waals surface area contributed by atoms with E-state index in [1.54, 1.807) is 0 Å². The summed E-state index contributed by atoms with van der Waals surface area (Å²) < 4.78 is 13.2. The molecule has 4 nitrogen and oxygen atoms in total. The summed E-state index contributed by atoms with van der Waals surface area (Å²) in [6.45, 7) is 0.727. The molecule has 18 heavy (non-hydrogen) atoms. The average molecular weight is 270 g/mol. The molecule has 6 heteroatoms. The molecule has 1 heterocycles. The highest BCUT2D eigenvalue weighted by Gasteiger charge is 2.15. The van der Waals surface area contributed by atoms with Crippen LogP contribution in [0, 0.1) is 15.9 Å². The van der Waals surface area contributed by atoms with E-state index in [0.717, 1.165) is 24.8 Å². The number of nitrogens with one attached hydrogen (secondary N) is 1. The Labute approximate surface area is 109 Å². The number of halogens is 1. The highest BCUT2D eigenvalue weighted by Crippen LogP contribution is 2.26. The third-order valence-corrected chi connectivity index (χ3v) is 4.30. The Morgan fingerprint density at radius 3 is 2.94 bits per heavy atom. The first-order valence-electron chi connectivity index (χ1n) is 5.95. The van der Waals surface area contributed by atoms with Crippen LogP contribution in [0.15, 0.2) is 18.2 Å². The lowest BCUT2D eigenvalue weighted by Gasteiger charge is -2.21. The number of nitro benzene ring substituents is 1. The van der Waals surface area contributed by atoms with Crippen LogP contribution in [0.1, 0.15) is 19.3 Å². The maximum atomic E-state index is 13.2. The van der Waals surface area contributed by atoms with Gasteiger partial charge >= 0.3 is 0 Å². The fourth-order valence-corrected chi connectivity index (χ4v) is 3.22. The molecule has 1 aromatic rings. The number of rotatable bonds is 4. The van der Waals surface area contributed by atoms with Crippen molar-refractivity contribution in [3.8, 4) is 0 Å². The van der Waals surface area contributed by atoms with Crippen molar-refractivity contribution in [2.45, 2.75) is 24.5 Å². The molecule has 1 saturated heterocycles. The predicted octanol–water partition coefficient (Wildman–Crippen LogP) is 3.43. The number of anilines is 1. The molecule has 0 amide bonds. The SMILES string of the molecule is O=[N+]([O-])c1cc(F)cc(NCC2CCCCS2)c1. The molecule has 1 aliphatic heterocycles. The topological polar surface area (TPSA) is 55.2 Å². The van der Waals surface area contributed by atoms with Crippen LogP contribution in [-0.2, 0) is 0 Å². The van der Waals surface area contributed by atoms with E-state index in [-0.39, 0.29) is 5.69 Å². The molecule has 1 N–H and O–H groups in total. The number of nitrogens with zero attached hydrogens (tertiary/aromatic N) is 1. The summed E-state index contributed by atoms with van der Waals surface area (Å²) in [7, 11) is 0. The van der Waals surface area contributed by atoms with Gasteiger partial charge in [-0.25, -0.2) is 4.39 Å². The number of nitro groups is 1. The van der Waals surface area contributed by atoms with Gasteiger partial charge in [0.25, 0.3) is 5.69 Å². The van der Waals surface area contributed by atoms with Crippen LogP contribution in [0.5, 0.6) is 0 Å². The summed E-state index contributed by atoms with van der Waals surface area (Å²) >= 11 is 1.91. The van der Waals surface area contributed by atoms with Gasteiger partial charge in [-0.3, -0.25) is 10.1 Å². The van der Waals surface area contributed by atoms with Crippen molar-refractivity contribution in [2.75, 3.05) is 17.6 Å². The first-order valence-corrected chi connectivity index (χ1v) is 7.00. The lowest BCUT2D eigenvalue weighted by atomic mass is 10.2. The first-order chi connectivity index (χ1) is 8.65. The summed E-state index contributed by atoms with van der Waals surface area (Å²) in [5, 5.41) is 14.2. The van der Waals surface area contributed by atoms with Crippen LogP contribution in [0.2, 0.25) is 0 Å². The van der Waals surface area contributed by atoms with Crippen molar-refractivity contribution >= 4 is 23.1 Å². The summed E-state index contributed by atoms with van der Waals surface area (Å²) in [5.74, 6) is 0.582. The number of benzene rings is 1. The van der Waals surface area contributed by atoms with Gasteiger partial charge < -0.3 is 5.32 Å². The van der Waals surface area contributed by atoms with Crippen LogP contribution < -0.4 is 5.32 Å². The van der Waals surface area contributed by atoms with Crippen molar-refractivity contribution < 1.29 is 9.31 Å². The molecular weight excluding hydrogens is 255 g/mol. The van der Waals surface area contributed by atoms with Crippen molar-refractivity contribution in [2.24, 2.45) is 0 Å². The first kappa shape index (κ1) is 13.1. The minimum absolute atomic E-state index is 0.214. The van der Waals surface area contributed by atoms with E-state index in [4.69, 9.17) is 0 Å². The second-order valence-corrected chi connectivity index (χ2v) is 5.73. The monoisotopic (exact) mass is 270 g/mol. The second kappa shape index (κ2) is 6.04. The fraction of sp³-hybridized carbons (Fsp3) is 0.500. The second-order valence-electron chi connectivity index (χ2n) is 4.32. The number of hydrogen-bond donors (Lipinski definition) is 1. The predicted molar refractivity (Wildman–Crippen MR) is 71.6 cm³/mol. The van der Waals surface area contributed by atoms with E-state index in [0.29, 0.717) is 10.9 Å². The van der Waals surface area contributed by atoms with Crippen LogP contribution in [-0.4, -0.2) is 22.5 Å². The largest absolute Gasteiger partial charge is 0.384 e. The third-order valence-electron chi connectivity index (χ3n) is 2.90. The molecule has 98 valence electrons. The standard InChI is InChI=1S/C12H15FN2O2S/c13-9-5-10(7-11(6-9)15(16)17)14-8-12-3-1-2-4-18-12/h5-7,12,14H,1-4,8H2. The maximum absolute atomic E-state index is 13.2. The molecule has 0 bridgehead atoms. The lowest BCUT2D eigenvalue weighted by Crippen LogP contribution is -2.20. The Kier molecular flexibility index (Phi) is 4.41. The molecule has 1 unspecified atom stereocenters. The van der Waals surface area contributed by atoms with Crippen LogP contribution >= 0.6 is 11.8 Å². The van der Waals surface area contributed by atoms with E-state index >= 15 is 0 Å². The van der Waals surface area contributed by atoms with E-state index in [9.17, 15) is 14.5 Å². The zero-order chi connectivity index (χ0) is 13.0. The normalized spacial score (nSPS) is 19.5. The molecule has 0 spiro atoms. The molecule has 1 atom stereocenters. The van der Waals surface area contributed by atoms with Crippen molar-refractivity contribution in [1.29, 1.82) is 0 Å². The lowest BCUT2D eigenvalue weighted by molar-refractivity contribution is -0.385. The van der Waals surface area contributed by atoms with Gasteiger partial charge in [0.2, 0.25) is 0 Å². The van der Waals surface area contributed by atoms with Gasteiger partial charge in [0.15, 0.2) is 0 Å². The Bertz CT molecular complexity index is 436. The molecule has 0 saturated carbocycles. The zero-order valence-corrected chi connectivity index (χ0v) is 10.7. The van der Waals surface area contributed by atoms with Crippen molar-refractivity contribution in [1.82, 2.24) is 0 Å². The number of non-ortho nitro benzene ring substituents is 1. The Balaban J connectivity index is 1.97. The number of thioether (sulfide) groups is 1. The molecule has 1 fully saturated rings. The fourth-order valence-electron chi connectivity index (χ4n) is 1.98. The minimum atomic E-state index is -0.581. The van der Waals surface area contributed by atoms with Gasteiger partial charge in [-0.2, -0.15) is 11.8 Å². The van der Waals surface area contributed by atoms with Crippen LogP contribution in [0.3, 0.4) is 0 Å². The van der Waals surface area contributed by atoms with Gasteiger partial charge in [0.05, 0.1) is 11.0 Å². The number of hydrogen-bond acceptors (Lipinski definition) is 4. The van der Waals surface area contributed by atoms with Gasteiger partial charge in [-0.15, -0.1) is 0 Å². The third kappa shape index (κ3) is 3.60. The highest BCUT2D eigenvalue weighted by atomic mass is 32.2. The molecule has 1 aliphatic rings. The summed E-state index contributed by atoms with van der Waals surface area (Å²) in [6, 6.07) is 3.59.